The molecule has 4 nitrogen and oxygen atoms in total. The lowest BCUT2D eigenvalue weighted by atomic mass is 9.84. The molecule has 3 aromatic rings. The zero-order chi connectivity index (χ0) is 21.3. The summed E-state index contributed by atoms with van der Waals surface area (Å²) in [7, 11) is 0. The minimum atomic E-state index is -0.803. The van der Waals surface area contributed by atoms with Crippen LogP contribution < -0.4 is 4.84 Å². The second-order valence-corrected chi connectivity index (χ2v) is 8.66. The summed E-state index contributed by atoms with van der Waals surface area (Å²) in [6.07, 6.45) is 4.91. The predicted molar refractivity (Wildman–Crippen MR) is 119 cm³/mol. The highest BCUT2D eigenvalue weighted by molar-refractivity contribution is 5.80. The molecule has 0 spiro atoms. The highest BCUT2D eigenvalue weighted by Gasteiger charge is 2.33. The number of benzene rings is 2. The standard InChI is InChI=1S/C26H27NO3/c1-26(2,3)30-27-24(18-11-6-4-7-12-18)21-16-10-15-20(17-22(28)29)23(21)25(27)19-13-8-5-9-14-19/h4-15,20H,16-17H2,1-3H3,(H,28,29). The van der Waals surface area contributed by atoms with Crippen LogP contribution in [0.1, 0.15) is 44.2 Å². The third kappa shape index (κ3) is 3.90. The maximum absolute atomic E-state index is 11.6. The van der Waals surface area contributed by atoms with Gasteiger partial charge in [0.1, 0.15) is 5.60 Å². The van der Waals surface area contributed by atoms with Gasteiger partial charge in [-0.15, -0.1) is 0 Å². The molecule has 4 heteroatoms. The highest BCUT2D eigenvalue weighted by Crippen LogP contribution is 2.44. The topological polar surface area (TPSA) is 51.5 Å². The van der Waals surface area contributed by atoms with Crippen molar-refractivity contribution in [1.29, 1.82) is 0 Å². The SMILES string of the molecule is CC(C)(C)On1c(-c2ccccc2)c2c(c1-c1ccccc1)C(CC(=O)O)C=CC2. The minimum Gasteiger partial charge on any atom is -0.481 e. The number of carbonyl (C=O) groups is 1. The predicted octanol–water partition coefficient (Wildman–Crippen LogP) is 5.72. The summed E-state index contributed by atoms with van der Waals surface area (Å²) < 4.78 is 1.94. The molecule has 1 aromatic heterocycles. The molecule has 0 fully saturated rings. The van der Waals surface area contributed by atoms with Gasteiger partial charge in [-0.2, -0.15) is 4.73 Å². The van der Waals surface area contributed by atoms with Crippen LogP contribution in [-0.2, 0) is 11.2 Å². The Morgan fingerprint density at radius 3 is 2.10 bits per heavy atom. The number of aliphatic carboxylic acids is 1. The average Bonchev–Trinajstić information content (AvgIpc) is 3.02. The van der Waals surface area contributed by atoms with Crippen molar-refractivity contribution >= 4 is 5.97 Å². The molecule has 1 atom stereocenters. The quantitative estimate of drug-likeness (QED) is 0.556. The monoisotopic (exact) mass is 401 g/mol. The Morgan fingerprint density at radius 2 is 1.57 bits per heavy atom. The maximum atomic E-state index is 11.6. The van der Waals surface area contributed by atoms with Gasteiger partial charge in [0.05, 0.1) is 17.8 Å². The summed E-state index contributed by atoms with van der Waals surface area (Å²) >= 11 is 0. The summed E-state index contributed by atoms with van der Waals surface area (Å²) in [5, 5.41) is 9.56. The smallest absolute Gasteiger partial charge is 0.304 e. The van der Waals surface area contributed by atoms with E-state index in [2.05, 4.69) is 30.3 Å². The van der Waals surface area contributed by atoms with Crippen molar-refractivity contribution in [3.8, 4) is 22.5 Å². The molecule has 1 unspecified atom stereocenters. The molecule has 1 aliphatic carbocycles. The van der Waals surface area contributed by atoms with E-state index in [0.717, 1.165) is 40.1 Å². The van der Waals surface area contributed by atoms with Gasteiger partial charge < -0.3 is 9.94 Å². The number of hydrogen-bond donors (Lipinski definition) is 1. The third-order valence-corrected chi connectivity index (χ3v) is 5.19. The number of rotatable bonds is 5. The Balaban J connectivity index is 2.06. The molecule has 2 aromatic carbocycles. The first-order valence-corrected chi connectivity index (χ1v) is 10.3. The number of carboxylic acids is 1. The van der Waals surface area contributed by atoms with Gasteiger partial charge in [0.15, 0.2) is 0 Å². The molecule has 0 radical (unpaired) electrons. The van der Waals surface area contributed by atoms with Crippen LogP contribution in [0, 0.1) is 0 Å². The number of hydrogen-bond acceptors (Lipinski definition) is 2. The van der Waals surface area contributed by atoms with Crippen LogP contribution in [-0.4, -0.2) is 21.4 Å². The molecule has 154 valence electrons. The average molecular weight is 402 g/mol. The zero-order valence-electron chi connectivity index (χ0n) is 17.6. The summed E-state index contributed by atoms with van der Waals surface area (Å²) in [6, 6.07) is 20.3. The highest BCUT2D eigenvalue weighted by atomic mass is 16.7. The van der Waals surface area contributed by atoms with Gasteiger partial charge in [-0.1, -0.05) is 72.8 Å². The van der Waals surface area contributed by atoms with E-state index < -0.39 is 11.6 Å². The summed E-state index contributed by atoms with van der Waals surface area (Å²) in [4.78, 5) is 18.2. The zero-order valence-corrected chi connectivity index (χ0v) is 17.6. The van der Waals surface area contributed by atoms with Crippen LogP contribution in [0.15, 0.2) is 72.8 Å². The van der Waals surface area contributed by atoms with Crippen molar-refractivity contribution < 1.29 is 14.7 Å². The number of nitrogens with zero attached hydrogens (tertiary/aromatic N) is 1. The van der Waals surface area contributed by atoms with Crippen molar-refractivity contribution in [1.82, 2.24) is 4.73 Å². The van der Waals surface area contributed by atoms with Crippen LogP contribution in [0.3, 0.4) is 0 Å². The van der Waals surface area contributed by atoms with Crippen molar-refractivity contribution in [3.63, 3.8) is 0 Å². The molecule has 1 N–H and O–H groups in total. The van der Waals surface area contributed by atoms with E-state index >= 15 is 0 Å². The molecule has 4 rings (SSSR count). The van der Waals surface area contributed by atoms with E-state index in [9.17, 15) is 9.90 Å². The van der Waals surface area contributed by atoms with Crippen molar-refractivity contribution in [3.05, 3.63) is 83.9 Å². The van der Waals surface area contributed by atoms with Gasteiger partial charge in [0.2, 0.25) is 0 Å². The summed E-state index contributed by atoms with van der Waals surface area (Å²) in [6.45, 7) is 6.09. The Labute approximate surface area is 177 Å². The molecule has 0 amide bonds. The van der Waals surface area contributed by atoms with Gasteiger partial charge in [-0.25, -0.2) is 0 Å². The molecule has 0 saturated carbocycles. The fourth-order valence-electron chi connectivity index (χ4n) is 4.15. The lowest BCUT2D eigenvalue weighted by Crippen LogP contribution is -2.32. The van der Waals surface area contributed by atoms with Crippen LogP contribution >= 0.6 is 0 Å². The van der Waals surface area contributed by atoms with Gasteiger partial charge >= 0.3 is 5.97 Å². The summed E-state index contributed by atoms with van der Waals surface area (Å²) in [5.41, 5.74) is 5.78. The maximum Gasteiger partial charge on any atom is 0.304 e. The van der Waals surface area contributed by atoms with Gasteiger partial charge in [0.25, 0.3) is 0 Å². The molecule has 1 aliphatic rings. The minimum absolute atomic E-state index is 0.0527. The van der Waals surface area contributed by atoms with Crippen LogP contribution in [0.5, 0.6) is 0 Å². The lowest BCUT2D eigenvalue weighted by Gasteiger charge is -2.26. The van der Waals surface area contributed by atoms with E-state index in [4.69, 9.17) is 4.84 Å². The van der Waals surface area contributed by atoms with E-state index in [-0.39, 0.29) is 12.3 Å². The molecule has 30 heavy (non-hydrogen) atoms. The van der Waals surface area contributed by atoms with Gasteiger partial charge in [-0.3, -0.25) is 4.79 Å². The van der Waals surface area contributed by atoms with E-state index in [1.165, 1.54) is 0 Å². The van der Waals surface area contributed by atoms with Crippen LogP contribution in [0.4, 0.5) is 0 Å². The Bertz CT molecular complexity index is 1070. The fourth-order valence-corrected chi connectivity index (χ4v) is 4.15. The first kappa shape index (κ1) is 20.0. The van der Waals surface area contributed by atoms with Crippen LogP contribution in [0.2, 0.25) is 0 Å². The second kappa shape index (κ2) is 7.86. The van der Waals surface area contributed by atoms with Gasteiger partial charge in [-0.05, 0) is 38.3 Å². The lowest BCUT2D eigenvalue weighted by molar-refractivity contribution is -0.137. The third-order valence-electron chi connectivity index (χ3n) is 5.19. The number of allylic oxidation sites excluding steroid dienone is 2. The Hall–Kier alpha value is -3.27. The summed E-state index contributed by atoms with van der Waals surface area (Å²) in [5.74, 6) is -1.00. The molecular weight excluding hydrogens is 374 g/mol. The van der Waals surface area contributed by atoms with Crippen LogP contribution in [0.25, 0.3) is 22.5 Å². The first-order valence-electron chi connectivity index (χ1n) is 10.3. The molecule has 0 saturated heterocycles. The number of aromatic nitrogens is 1. The van der Waals surface area contributed by atoms with E-state index in [0.29, 0.717) is 0 Å². The fraction of sp³-hybridized carbons (Fsp3) is 0.269. The number of carboxylic acid groups (broad SMARTS) is 1. The Kier molecular flexibility index (Phi) is 5.25. The van der Waals surface area contributed by atoms with Crippen molar-refractivity contribution in [2.75, 3.05) is 0 Å². The molecule has 0 aliphatic heterocycles. The van der Waals surface area contributed by atoms with Gasteiger partial charge in [0, 0.05) is 17.0 Å². The van der Waals surface area contributed by atoms with Crippen molar-refractivity contribution in [2.45, 2.75) is 45.1 Å². The second-order valence-electron chi connectivity index (χ2n) is 8.66. The Morgan fingerprint density at radius 1 is 1.00 bits per heavy atom. The first-order chi connectivity index (χ1) is 14.3. The van der Waals surface area contributed by atoms with E-state index in [1.807, 2.05) is 68.0 Å². The molecule has 1 heterocycles. The van der Waals surface area contributed by atoms with Crippen molar-refractivity contribution in [2.24, 2.45) is 0 Å². The van der Waals surface area contributed by atoms with E-state index in [1.54, 1.807) is 0 Å². The molecular formula is C26H27NO3. The molecule has 0 bridgehead atoms. The largest absolute Gasteiger partial charge is 0.481 e. The normalized spacial score (nSPS) is 15.6. The number of fused-ring (bicyclic) bond motifs is 1.